The number of aromatic nitrogens is 3. The van der Waals surface area contributed by atoms with E-state index in [1.807, 2.05) is 0 Å². The second-order valence-electron chi connectivity index (χ2n) is 4.06. The van der Waals surface area contributed by atoms with Gasteiger partial charge in [-0.3, -0.25) is 0 Å². The Morgan fingerprint density at radius 3 is 2.60 bits per heavy atom. The maximum atomic E-state index is 13.2. The maximum Gasteiger partial charge on any atom is 0.180 e. The van der Waals surface area contributed by atoms with E-state index in [1.54, 1.807) is 23.0 Å². The van der Waals surface area contributed by atoms with Gasteiger partial charge in [0.25, 0.3) is 0 Å². The molecular formula is C12H10F2N6. The lowest BCUT2D eigenvalue weighted by Crippen LogP contribution is -2.11. The molecule has 20 heavy (non-hydrogen) atoms. The predicted octanol–water partition coefficient (Wildman–Crippen LogP) is 2.04. The van der Waals surface area contributed by atoms with Crippen molar-refractivity contribution in [3.05, 3.63) is 48.4 Å². The molecule has 2 heterocycles. The van der Waals surface area contributed by atoms with Gasteiger partial charge in [0.05, 0.1) is 6.20 Å². The first-order valence-corrected chi connectivity index (χ1v) is 5.69. The number of anilines is 3. The first kappa shape index (κ1) is 12.3. The molecule has 3 aromatic rings. The summed E-state index contributed by atoms with van der Waals surface area (Å²) in [6.07, 6.45) is 4.92. The third kappa shape index (κ3) is 2.24. The first-order valence-electron chi connectivity index (χ1n) is 5.69. The molecule has 0 amide bonds. The number of halogens is 2. The SMILES string of the molecule is NNc1cn2ccnc2c(Nc2cc(F)cc(F)c2)n1. The van der Waals surface area contributed by atoms with Crippen LogP contribution in [0.25, 0.3) is 5.65 Å². The fourth-order valence-electron chi connectivity index (χ4n) is 1.85. The van der Waals surface area contributed by atoms with E-state index in [1.165, 1.54) is 0 Å². The molecule has 8 heteroatoms. The largest absolute Gasteiger partial charge is 0.337 e. The Morgan fingerprint density at radius 1 is 1.15 bits per heavy atom. The molecule has 6 nitrogen and oxygen atoms in total. The van der Waals surface area contributed by atoms with Crippen LogP contribution in [-0.2, 0) is 0 Å². The molecule has 0 radical (unpaired) electrons. The van der Waals surface area contributed by atoms with Gasteiger partial charge in [-0.2, -0.15) is 0 Å². The Morgan fingerprint density at radius 2 is 1.90 bits per heavy atom. The van der Waals surface area contributed by atoms with E-state index in [2.05, 4.69) is 20.7 Å². The molecular weight excluding hydrogens is 266 g/mol. The van der Waals surface area contributed by atoms with Gasteiger partial charge in [-0.05, 0) is 12.1 Å². The van der Waals surface area contributed by atoms with E-state index in [0.717, 1.165) is 18.2 Å². The monoisotopic (exact) mass is 276 g/mol. The van der Waals surface area contributed by atoms with Crippen LogP contribution in [0.15, 0.2) is 36.8 Å². The summed E-state index contributed by atoms with van der Waals surface area (Å²) in [7, 11) is 0. The van der Waals surface area contributed by atoms with Crippen molar-refractivity contribution in [2.45, 2.75) is 0 Å². The van der Waals surface area contributed by atoms with Gasteiger partial charge in [-0.25, -0.2) is 24.6 Å². The van der Waals surface area contributed by atoms with Crippen molar-refractivity contribution >= 4 is 23.0 Å². The summed E-state index contributed by atoms with van der Waals surface area (Å²) in [5, 5.41) is 2.82. The number of nitrogens with zero attached hydrogens (tertiary/aromatic N) is 3. The number of hydrogen-bond acceptors (Lipinski definition) is 5. The molecule has 0 saturated carbocycles. The number of hydrazine groups is 1. The van der Waals surface area contributed by atoms with Gasteiger partial charge in [-0.1, -0.05) is 0 Å². The minimum absolute atomic E-state index is 0.231. The predicted molar refractivity (Wildman–Crippen MR) is 70.4 cm³/mol. The zero-order chi connectivity index (χ0) is 14.1. The number of nitrogen functional groups attached to an aromatic ring is 1. The third-order valence-corrected chi connectivity index (χ3v) is 2.65. The van der Waals surface area contributed by atoms with Crippen molar-refractivity contribution in [3.8, 4) is 0 Å². The van der Waals surface area contributed by atoms with Crippen molar-refractivity contribution in [1.29, 1.82) is 0 Å². The molecule has 4 N–H and O–H groups in total. The van der Waals surface area contributed by atoms with Crippen LogP contribution in [0.5, 0.6) is 0 Å². The second-order valence-corrected chi connectivity index (χ2v) is 4.06. The van der Waals surface area contributed by atoms with Crippen molar-refractivity contribution in [1.82, 2.24) is 14.4 Å². The van der Waals surface area contributed by atoms with Crippen molar-refractivity contribution < 1.29 is 8.78 Å². The van der Waals surface area contributed by atoms with E-state index in [0.29, 0.717) is 17.3 Å². The summed E-state index contributed by atoms with van der Waals surface area (Å²) >= 11 is 0. The quantitative estimate of drug-likeness (QED) is 0.504. The standard InChI is InChI=1S/C12H10F2N6/c13-7-3-8(14)5-9(4-7)17-11-12-16-1-2-20(12)6-10(18-11)19-15/h1-6,19H,15H2,(H,17,18). The van der Waals surface area contributed by atoms with Crippen molar-refractivity contribution in [2.24, 2.45) is 5.84 Å². The molecule has 0 aliphatic rings. The Balaban J connectivity index is 2.07. The molecule has 102 valence electrons. The minimum atomic E-state index is -0.681. The maximum absolute atomic E-state index is 13.2. The molecule has 2 aromatic heterocycles. The second kappa shape index (κ2) is 4.74. The van der Waals surface area contributed by atoms with Gasteiger partial charge >= 0.3 is 0 Å². The summed E-state index contributed by atoms with van der Waals surface area (Å²) in [6, 6.07) is 3.11. The lowest BCUT2D eigenvalue weighted by Gasteiger charge is -2.09. The number of nitrogens with one attached hydrogen (secondary N) is 2. The van der Waals surface area contributed by atoms with Crippen LogP contribution in [0.3, 0.4) is 0 Å². The van der Waals surface area contributed by atoms with Crippen LogP contribution in [0.2, 0.25) is 0 Å². The highest BCUT2D eigenvalue weighted by Crippen LogP contribution is 2.22. The first-order chi connectivity index (χ1) is 9.65. The van der Waals surface area contributed by atoms with Gasteiger partial charge in [0.1, 0.15) is 11.6 Å². The zero-order valence-corrected chi connectivity index (χ0v) is 10.1. The summed E-state index contributed by atoms with van der Waals surface area (Å²) in [5.41, 5.74) is 3.15. The van der Waals surface area contributed by atoms with E-state index < -0.39 is 11.6 Å². The Labute approximate surface area is 112 Å². The number of imidazole rings is 1. The number of benzene rings is 1. The average molecular weight is 276 g/mol. The number of hydrogen-bond donors (Lipinski definition) is 3. The highest BCUT2D eigenvalue weighted by atomic mass is 19.1. The normalized spacial score (nSPS) is 10.8. The van der Waals surface area contributed by atoms with Crippen LogP contribution in [0, 0.1) is 11.6 Å². The molecule has 1 aromatic carbocycles. The van der Waals surface area contributed by atoms with E-state index in [-0.39, 0.29) is 5.69 Å². The summed E-state index contributed by atoms with van der Waals surface area (Å²) in [4.78, 5) is 8.29. The van der Waals surface area contributed by atoms with Crippen molar-refractivity contribution in [2.75, 3.05) is 10.7 Å². The summed E-state index contributed by atoms with van der Waals surface area (Å²) in [5.74, 6) is 4.68. The van der Waals surface area contributed by atoms with Crippen LogP contribution < -0.4 is 16.6 Å². The van der Waals surface area contributed by atoms with Crippen molar-refractivity contribution in [3.63, 3.8) is 0 Å². The average Bonchev–Trinajstić information content (AvgIpc) is 2.85. The van der Waals surface area contributed by atoms with E-state index in [4.69, 9.17) is 5.84 Å². The van der Waals surface area contributed by atoms with Gasteiger partial charge < -0.3 is 15.1 Å². The van der Waals surface area contributed by atoms with Crippen LogP contribution >= 0.6 is 0 Å². The third-order valence-electron chi connectivity index (χ3n) is 2.65. The Bertz CT molecular complexity index is 749. The molecule has 0 bridgehead atoms. The number of rotatable bonds is 3. The fourth-order valence-corrected chi connectivity index (χ4v) is 1.85. The number of nitrogens with two attached hydrogens (primary N) is 1. The Kier molecular flexibility index (Phi) is 2.92. The van der Waals surface area contributed by atoms with Gasteiger partial charge in [0.15, 0.2) is 17.3 Å². The zero-order valence-electron chi connectivity index (χ0n) is 10.1. The lowest BCUT2D eigenvalue weighted by atomic mass is 10.3. The molecule has 3 rings (SSSR count). The molecule has 0 unspecified atom stereocenters. The minimum Gasteiger partial charge on any atom is -0.337 e. The van der Waals surface area contributed by atoms with Gasteiger partial charge in [-0.15, -0.1) is 0 Å². The van der Waals surface area contributed by atoms with E-state index in [9.17, 15) is 8.78 Å². The van der Waals surface area contributed by atoms with Gasteiger partial charge in [0, 0.05) is 24.1 Å². The number of fused-ring (bicyclic) bond motifs is 1. The molecule has 0 fully saturated rings. The van der Waals surface area contributed by atoms with Crippen LogP contribution in [-0.4, -0.2) is 14.4 Å². The Hall–Kier alpha value is -2.74. The highest BCUT2D eigenvalue weighted by Gasteiger charge is 2.09. The van der Waals surface area contributed by atoms with Crippen LogP contribution in [0.1, 0.15) is 0 Å². The topological polar surface area (TPSA) is 80.3 Å². The molecule has 0 saturated heterocycles. The highest BCUT2D eigenvalue weighted by molar-refractivity contribution is 5.71. The van der Waals surface area contributed by atoms with Gasteiger partial charge in [0.2, 0.25) is 0 Å². The lowest BCUT2D eigenvalue weighted by molar-refractivity contribution is 0.584. The summed E-state index contributed by atoms with van der Waals surface area (Å²) < 4.78 is 28.0. The summed E-state index contributed by atoms with van der Waals surface area (Å²) in [6.45, 7) is 0. The smallest absolute Gasteiger partial charge is 0.180 e. The molecule has 0 spiro atoms. The molecule has 0 aliphatic carbocycles. The fraction of sp³-hybridized carbons (Fsp3) is 0. The van der Waals surface area contributed by atoms with E-state index >= 15 is 0 Å². The molecule has 0 aliphatic heterocycles. The molecule has 0 atom stereocenters. The van der Waals surface area contributed by atoms with Crippen LogP contribution in [0.4, 0.5) is 26.1 Å².